The van der Waals surface area contributed by atoms with Gasteiger partial charge in [-0.05, 0) is 24.4 Å². The summed E-state index contributed by atoms with van der Waals surface area (Å²) >= 11 is 0. The minimum absolute atomic E-state index is 0.0777. The lowest BCUT2D eigenvalue weighted by Gasteiger charge is -2.18. The zero-order chi connectivity index (χ0) is 14.4. The second-order valence-corrected chi connectivity index (χ2v) is 4.75. The Labute approximate surface area is 112 Å². The summed E-state index contributed by atoms with van der Waals surface area (Å²) in [7, 11) is 0. The molecule has 1 aromatic rings. The number of amides is 1. The highest BCUT2D eigenvalue weighted by Crippen LogP contribution is 2.12. The molecule has 0 saturated heterocycles. The molecule has 0 heterocycles. The first kappa shape index (κ1) is 15.1. The molecule has 1 amide bonds. The minimum Gasteiger partial charge on any atom is -0.368 e. The number of hydrogen-bond acceptors (Lipinski definition) is 4. The van der Waals surface area contributed by atoms with Crippen molar-refractivity contribution in [1.29, 1.82) is 0 Å². The number of nitro benzene ring substituents is 1. The van der Waals surface area contributed by atoms with E-state index in [4.69, 9.17) is 5.73 Å². The molecule has 0 radical (unpaired) electrons. The monoisotopic (exact) mass is 265 g/mol. The molecule has 1 aromatic carbocycles. The van der Waals surface area contributed by atoms with Gasteiger partial charge in [0.15, 0.2) is 0 Å². The van der Waals surface area contributed by atoms with Crippen molar-refractivity contribution < 1.29 is 9.72 Å². The van der Waals surface area contributed by atoms with Crippen molar-refractivity contribution >= 4 is 11.6 Å². The van der Waals surface area contributed by atoms with Gasteiger partial charge >= 0.3 is 0 Å². The quantitative estimate of drug-likeness (QED) is 0.572. The number of hydrogen-bond donors (Lipinski definition) is 2. The summed E-state index contributed by atoms with van der Waals surface area (Å²) in [6, 6.07) is 6.04. The number of primary amides is 1. The zero-order valence-electron chi connectivity index (χ0n) is 11.1. The van der Waals surface area contributed by atoms with Crippen LogP contribution in [0.25, 0.3) is 0 Å². The van der Waals surface area contributed by atoms with Gasteiger partial charge in [0, 0.05) is 12.1 Å². The standard InChI is InChI=1S/C13H19N3O3/c1-9(2)12(13(14)17)15-8-7-10-3-5-11(6-4-10)16(18)19/h3-6,9,12,15H,7-8H2,1-2H3,(H2,14,17). The van der Waals surface area contributed by atoms with Crippen molar-refractivity contribution in [2.75, 3.05) is 6.54 Å². The number of nitrogens with one attached hydrogen (secondary N) is 1. The van der Waals surface area contributed by atoms with Crippen LogP contribution < -0.4 is 11.1 Å². The van der Waals surface area contributed by atoms with Crippen LogP contribution in [0, 0.1) is 16.0 Å². The maximum Gasteiger partial charge on any atom is 0.269 e. The number of nitrogens with zero attached hydrogens (tertiary/aromatic N) is 1. The molecule has 0 spiro atoms. The molecule has 0 aromatic heterocycles. The van der Waals surface area contributed by atoms with Crippen molar-refractivity contribution in [2.45, 2.75) is 26.3 Å². The van der Waals surface area contributed by atoms with Gasteiger partial charge in [-0.3, -0.25) is 14.9 Å². The third kappa shape index (κ3) is 4.67. The van der Waals surface area contributed by atoms with Gasteiger partial charge in [0.25, 0.3) is 5.69 Å². The predicted molar refractivity (Wildman–Crippen MR) is 72.6 cm³/mol. The zero-order valence-corrected chi connectivity index (χ0v) is 11.1. The molecule has 1 unspecified atom stereocenters. The lowest BCUT2D eigenvalue weighted by atomic mass is 10.0. The highest BCUT2D eigenvalue weighted by molar-refractivity contribution is 5.80. The number of non-ortho nitro benzene ring substituents is 1. The fourth-order valence-electron chi connectivity index (χ4n) is 1.82. The molecule has 1 atom stereocenters. The first-order chi connectivity index (χ1) is 8.91. The molecular weight excluding hydrogens is 246 g/mol. The maximum atomic E-state index is 11.2. The van der Waals surface area contributed by atoms with Gasteiger partial charge in [-0.15, -0.1) is 0 Å². The molecule has 1 rings (SSSR count). The second-order valence-electron chi connectivity index (χ2n) is 4.75. The average Bonchev–Trinajstić information content (AvgIpc) is 2.34. The van der Waals surface area contributed by atoms with Crippen LogP contribution in [0.4, 0.5) is 5.69 Å². The normalized spacial score (nSPS) is 12.4. The summed E-state index contributed by atoms with van der Waals surface area (Å²) < 4.78 is 0. The van der Waals surface area contributed by atoms with Gasteiger partial charge in [0.1, 0.15) is 0 Å². The van der Waals surface area contributed by atoms with Gasteiger partial charge in [-0.2, -0.15) is 0 Å². The first-order valence-corrected chi connectivity index (χ1v) is 6.18. The van der Waals surface area contributed by atoms with Crippen LogP contribution in [0.1, 0.15) is 19.4 Å². The second kappa shape index (κ2) is 6.84. The largest absolute Gasteiger partial charge is 0.368 e. The smallest absolute Gasteiger partial charge is 0.269 e. The van der Waals surface area contributed by atoms with E-state index < -0.39 is 4.92 Å². The van der Waals surface area contributed by atoms with E-state index in [0.717, 1.165) is 5.56 Å². The van der Waals surface area contributed by atoms with Crippen LogP contribution in [-0.4, -0.2) is 23.4 Å². The molecular formula is C13H19N3O3. The first-order valence-electron chi connectivity index (χ1n) is 6.18. The van der Waals surface area contributed by atoms with E-state index in [9.17, 15) is 14.9 Å². The molecule has 0 bridgehead atoms. The van der Waals surface area contributed by atoms with Crippen molar-refractivity contribution in [3.63, 3.8) is 0 Å². The third-order valence-electron chi connectivity index (χ3n) is 2.90. The average molecular weight is 265 g/mol. The Morgan fingerprint density at radius 2 is 1.95 bits per heavy atom. The predicted octanol–water partition coefficient (Wildman–Crippen LogP) is 1.24. The summed E-state index contributed by atoms with van der Waals surface area (Å²) in [5, 5.41) is 13.6. The summed E-state index contributed by atoms with van der Waals surface area (Å²) in [6.45, 7) is 4.45. The summed E-state index contributed by atoms with van der Waals surface area (Å²) in [5.74, 6) is -0.229. The molecule has 19 heavy (non-hydrogen) atoms. The van der Waals surface area contributed by atoms with Gasteiger partial charge in [0.2, 0.25) is 5.91 Å². The lowest BCUT2D eigenvalue weighted by molar-refractivity contribution is -0.384. The number of benzene rings is 1. The van der Waals surface area contributed by atoms with E-state index in [2.05, 4.69) is 5.32 Å². The van der Waals surface area contributed by atoms with E-state index >= 15 is 0 Å². The van der Waals surface area contributed by atoms with Crippen LogP contribution in [0.5, 0.6) is 0 Å². The summed E-state index contributed by atoms with van der Waals surface area (Å²) in [6.07, 6.45) is 0.689. The highest BCUT2D eigenvalue weighted by atomic mass is 16.6. The fourth-order valence-corrected chi connectivity index (χ4v) is 1.82. The molecule has 0 aliphatic heterocycles. The van der Waals surface area contributed by atoms with Crippen LogP contribution in [-0.2, 0) is 11.2 Å². The lowest BCUT2D eigenvalue weighted by Crippen LogP contribution is -2.45. The van der Waals surface area contributed by atoms with E-state index in [-0.39, 0.29) is 23.6 Å². The number of nitrogens with two attached hydrogens (primary N) is 1. The Kier molecular flexibility index (Phi) is 5.44. The van der Waals surface area contributed by atoms with E-state index in [1.807, 2.05) is 13.8 Å². The number of carbonyl (C=O) groups excluding carboxylic acids is 1. The van der Waals surface area contributed by atoms with Crippen LogP contribution in [0.3, 0.4) is 0 Å². The Balaban J connectivity index is 2.48. The molecule has 0 fully saturated rings. The molecule has 6 nitrogen and oxygen atoms in total. The van der Waals surface area contributed by atoms with E-state index in [1.165, 1.54) is 12.1 Å². The Bertz CT molecular complexity index is 443. The Hall–Kier alpha value is -1.95. The van der Waals surface area contributed by atoms with Crippen LogP contribution >= 0.6 is 0 Å². The summed E-state index contributed by atoms with van der Waals surface area (Å²) in [4.78, 5) is 21.3. The number of nitro groups is 1. The maximum absolute atomic E-state index is 11.2. The number of rotatable bonds is 7. The van der Waals surface area contributed by atoms with E-state index in [0.29, 0.717) is 13.0 Å². The van der Waals surface area contributed by atoms with Gasteiger partial charge in [0.05, 0.1) is 11.0 Å². The molecule has 0 saturated carbocycles. The fraction of sp³-hybridized carbons (Fsp3) is 0.462. The molecule has 104 valence electrons. The van der Waals surface area contributed by atoms with Crippen LogP contribution in [0.2, 0.25) is 0 Å². The third-order valence-corrected chi connectivity index (χ3v) is 2.90. The SMILES string of the molecule is CC(C)C(NCCc1ccc([N+](=O)[O-])cc1)C(N)=O. The van der Waals surface area contributed by atoms with Crippen molar-refractivity contribution in [3.05, 3.63) is 39.9 Å². The van der Waals surface area contributed by atoms with E-state index in [1.54, 1.807) is 12.1 Å². The molecule has 0 aliphatic rings. The Morgan fingerprint density at radius 3 is 2.37 bits per heavy atom. The van der Waals surface area contributed by atoms with Crippen molar-refractivity contribution in [3.8, 4) is 0 Å². The minimum atomic E-state index is -0.427. The number of carbonyl (C=O) groups is 1. The van der Waals surface area contributed by atoms with Crippen molar-refractivity contribution in [1.82, 2.24) is 5.32 Å². The molecule has 0 aliphatic carbocycles. The van der Waals surface area contributed by atoms with Gasteiger partial charge in [-0.25, -0.2) is 0 Å². The van der Waals surface area contributed by atoms with Gasteiger partial charge < -0.3 is 11.1 Å². The topological polar surface area (TPSA) is 98.3 Å². The molecule has 3 N–H and O–H groups in total. The van der Waals surface area contributed by atoms with Crippen LogP contribution in [0.15, 0.2) is 24.3 Å². The summed E-state index contributed by atoms with van der Waals surface area (Å²) in [5.41, 5.74) is 6.35. The van der Waals surface area contributed by atoms with Crippen molar-refractivity contribution in [2.24, 2.45) is 11.7 Å². The molecule has 6 heteroatoms. The highest BCUT2D eigenvalue weighted by Gasteiger charge is 2.18. The Morgan fingerprint density at radius 1 is 1.37 bits per heavy atom. The van der Waals surface area contributed by atoms with Gasteiger partial charge in [-0.1, -0.05) is 26.0 Å².